The second-order valence-electron chi connectivity index (χ2n) is 4.14. The second-order valence-corrected chi connectivity index (χ2v) is 4.14. The molecular weight excluding hydrogens is 273 g/mol. The molecule has 1 heterocycles. The van der Waals surface area contributed by atoms with Gasteiger partial charge in [0.2, 0.25) is 0 Å². The van der Waals surface area contributed by atoms with Crippen molar-refractivity contribution in [2.45, 2.75) is 19.1 Å². The van der Waals surface area contributed by atoms with Crippen LogP contribution in [0.2, 0.25) is 0 Å². The number of aromatic amines is 1. The molecule has 2 N–H and O–H groups in total. The van der Waals surface area contributed by atoms with Crippen LogP contribution >= 0.6 is 0 Å². The lowest BCUT2D eigenvalue weighted by molar-refractivity contribution is -0.137. The van der Waals surface area contributed by atoms with E-state index in [1.807, 2.05) is 0 Å². The zero-order valence-corrected chi connectivity index (χ0v) is 10.4. The number of nitrogens with zero attached hydrogens (tertiary/aromatic N) is 2. The summed E-state index contributed by atoms with van der Waals surface area (Å²) < 4.78 is 37.2. The molecule has 1 aromatic heterocycles. The van der Waals surface area contributed by atoms with Crippen molar-refractivity contribution in [3.63, 3.8) is 0 Å². The van der Waals surface area contributed by atoms with E-state index in [1.54, 1.807) is 6.92 Å². The Kier molecular flexibility index (Phi) is 3.73. The maximum Gasteiger partial charge on any atom is 0.416 e. The molecule has 0 radical (unpaired) electrons. The first-order valence-corrected chi connectivity index (χ1v) is 5.71. The fourth-order valence-corrected chi connectivity index (χ4v) is 1.58. The average Bonchev–Trinajstić information content (AvgIpc) is 2.91. The molecule has 106 valence electrons. The molecule has 5 nitrogen and oxygen atoms in total. The molecule has 1 unspecified atom stereocenters. The van der Waals surface area contributed by atoms with Gasteiger partial charge in [-0.3, -0.25) is 9.89 Å². The van der Waals surface area contributed by atoms with Gasteiger partial charge in [-0.05, 0) is 31.2 Å². The summed E-state index contributed by atoms with van der Waals surface area (Å²) in [5.41, 5.74) is -0.651. The normalized spacial score (nSPS) is 13.0. The van der Waals surface area contributed by atoms with Gasteiger partial charge >= 0.3 is 6.18 Å². The van der Waals surface area contributed by atoms with Gasteiger partial charge in [-0.1, -0.05) is 0 Å². The number of amides is 1. The van der Waals surface area contributed by atoms with E-state index in [0.717, 1.165) is 24.3 Å². The molecule has 0 aliphatic carbocycles. The first kappa shape index (κ1) is 14.0. The van der Waals surface area contributed by atoms with Gasteiger partial charge in [0.05, 0.1) is 11.6 Å². The molecule has 1 atom stereocenters. The number of aromatic nitrogens is 3. The lowest BCUT2D eigenvalue weighted by Gasteiger charge is -2.12. The van der Waals surface area contributed by atoms with Gasteiger partial charge in [0.15, 0.2) is 0 Å². The average molecular weight is 284 g/mol. The van der Waals surface area contributed by atoms with E-state index in [9.17, 15) is 18.0 Å². The quantitative estimate of drug-likeness (QED) is 0.908. The van der Waals surface area contributed by atoms with Gasteiger partial charge in [-0.2, -0.15) is 18.3 Å². The molecule has 20 heavy (non-hydrogen) atoms. The highest BCUT2D eigenvalue weighted by Gasteiger charge is 2.30. The third-order valence-electron chi connectivity index (χ3n) is 2.67. The first-order chi connectivity index (χ1) is 9.38. The highest BCUT2D eigenvalue weighted by Crippen LogP contribution is 2.29. The topological polar surface area (TPSA) is 70.7 Å². The Balaban J connectivity index is 2.06. The number of carbonyl (C=O) groups excluding carboxylic acids is 1. The van der Waals surface area contributed by atoms with Gasteiger partial charge in [0, 0.05) is 5.56 Å². The molecular formula is C12H11F3N4O. The van der Waals surface area contributed by atoms with Crippen LogP contribution in [-0.2, 0) is 6.18 Å². The highest BCUT2D eigenvalue weighted by molar-refractivity contribution is 5.94. The Morgan fingerprint density at radius 2 is 1.95 bits per heavy atom. The number of carbonyl (C=O) groups is 1. The summed E-state index contributed by atoms with van der Waals surface area (Å²) in [5, 5.41) is 8.85. The molecule has 0 saturated heterocycles. The summed E-state index contributed by atoms with van der Waals surface area (Å²) >= 11 is 0. The monoisotopic (exact) mass is 284 g/mol. The van der Waals surface area contributed by atoms with E-state index in [1.165, 1.54) is 6.33 Å². The number of hydrogen-bond donors (Lipinski definition) is 2. The van der Waals surface area contributed by atoms with Crippen molar-refractivity contribution in [3.05, 3.63) is 47.5 Å². The Labute approximate surface area is 112 Å². The number of halogens is 3. The van der Waals surface area contributed by atoms with Crippen LogP contribution < -0.4 is 5.32 Å². The van der Waals surface area contributed by atoms with Crippen LogP contribution in [-0.4, -0.2) is 21.1 Å². The standard InChI is InChI=1S/C12H11F3N4O/c1-7(10-16-6-17-19-10)18-11(20)8-2-4-9(5-3-8)12(13,14)15/h2-7H,1H3,(H,18,20)(H,16,17,19). The van der Waals surface area contributed by atoms with Gasteiger partial charge < -0.3 is 5.32 Å². The van der Waals surface area contributed by atoms with Crippen LogP contribution in [0, 0.1) is 0 Å². The third kappa shape index (κ3) is 3.14. The van der Waals surface area contributed by atoms with Crippen LogP contribution in [0.4, 0.5) is 13.2 Å². The predicted octanol–water partition coefficient (Wildman–Crippen LogP) is 2.31. The van der Waals surface area contributed by atoms with Gasteiger partial charge in [0.1, 0.15) is 12.2 Å². The Hall–Kier alpha value is -2.38. The number of rotatable bonds is 3. The van der Waals surface area contributed by atoms with Crippen molar-refractivity contribution in [3.8, 4) is 0 Å². The van der Waals surface area contributed by atoms with E-state index in [0.29, 0.717) is 5.82 Å². The first-order valence-electron chi connectivity index (χ1n) is 5.71. The molecule has 0 spiro atoms. The Bertz CT molecular complexity index is 578. The predicted molar refractivity (Wildman–Crippen MR) is 63.7 cm³/mol. The van der Waals surface area contributed by atoms with Crippen LogP contribution in [0.25, 0.3) is 0 Å². The van der Waals surface area contributed by atoms with E-state index >= 15 is 0 Å². The van der Waals surface area contributed by atoms with Crippen LogP contribution in [0.1, 0.15) is 34.7 Å². The lowest BCUT2D eigenvalue weighted by atomic mass is 10.1. The van der Waals surface area contributed by atoms with Gasteiger partial charge in [0.25, 0.3) is 5.91 Å². The molecule has 0 aliphatic rings. The van der Waals surface area contributed by atoms with E-state index in [-0.39, 0.29) is 5.56 Å². The van der Waals surface area contributed by atoms with Crippen molar-refractivity contribution >= 4 is 5.91 Å². The number of hydrogen-bond acceptors (Lipinski definition) is 3. The molecule has 0 fully saturated rings. The van der Waals surface area contributed by atoms with Crippen LogP contribution in [0.5, 0.6) is 0 Å². The zero-order chi connectivity index (χ0) is 14.8. The lowest BCUT2D eigenvalue weighted by Crippen LogP contribution is -2.27. The van der Waals surface area contributed by atoms with Crippen molar-refractivity contribution in [2.24, 2.45) is 0 Å². The van der Waals surface area contributed by atoms with Crippen molar-refractivity contribution in [2.75, 3.05) is 0 Å². The molecule has 0 aliphatic heterocycles. The molecule has 1 amide bonds. The summed E-state index contributed by atoms with van der Waals surface area (Å²) in [4.78, 5) is 15.7. The van der Waals surface area contributed by atoms with Crippen molar-refractivity contribution in [1.82, 2.24) is 20.5 Å². The number of nitrogens with one attached hydrogen (secondary N) is 2. The smallest absolute Gasteiger partial charge is 0.342 e. The van der Waals surface area contributed by atoms with Gasteiger partial charge in [-0.15, -0.1) is 0 Å². The Morgan fingerprint density at radius 3 is 2.45 bits per heavy atom. The summed E-state index contributed by atoms with van der Waals surface area (Å²) in [6.07, 6.45) is -3.11. The molecule has 0 bridgehead atoms. The van der Waals surface area contributed by atoms with E-state index in [4.69, 9.17) is 0 Å². The molecule has 8 heteroatoms. The largest absolute Gasteiger partial charge is 0.416 e. The van der Waals surface area contributed by atoms with E-state index in [2.05, 4.69) is 20.5 Å². The minimum Gasteiger partial charge on any atom is -0.342 e. The summed E-state index contributed by atoms with van der Waals surface area (Å²) in [6, 6.07) is 3.57. The fourth-order valence-electron chi connectivity index (χ4n) is 1.58. The molecule has 0 saturated carbocycles. The van der Waals surface area contributed by atoms with Crippen molar-refractivity contribution < 1.29 is 18.0 Å². The fraction of sp³-hybridized carbons (Fsp3) is 0.250. The van der Waals surface area contributed by atoms with E-state index < -0.39 is 23.7 Å². The minimum absolute atomic E-state index is 0.143. The third-order valence-corrected chi connectivity index (χ3v) is 2.67. The van der Waals surface area contributed by atoms with Crippen LogP contribution in [0.15, 0.2) is 30.6 Å². The summed E-state index contributed by atoms with van der Waals surface area (Å²) in [7, 11) is 0. The molecule has 2 rings (SSSR count). The number of benzene rings is 1. The molecule has 1 aromatic carbocycles. The second kappa shape index (κ2) is 5.32. The SMILES string of the molecule is CC(NC(=O)c1ccc(C(F)(F)F)cc1)c1ncn[nH]1. The number of H-pyrrole nitrogens is 1. The van der Waals surface area contributed by atoms with Gasteiger partial charge in [-0.25, -0.2) is 4.98 Å². The minimum atomic E-state index is -4.41. The summed E-state index contributed by atoms with van der Waals surface area (Å²) in [5.74, 6) is -0.0205. The maximum absolute atomic E-state index is 12.4. The summed E-state index contributed by atoms with van der Waals surface area (Å²) in [6.45, 7) is 1.68. The van der Waals surface area contributed by atoms with Crippen molar-refractivity contribution in [1.29, 1.82) is 0 Å². The van der Waals surface area contributed by atoms with Crippen LogP contribution in [0.3, 0.4) is 0 Å². The maximum atomic E-state index is 12.4. The highest BCUT2D eigenvalue weighted by atomic mass is 19.4. The zero-order valence-electron chi connectivity index (χ0n) is 10.4. The Morgan fingerprint density at radius 1 is 1.30 bits per heavy atom. The molecule has 2 aromatic rings. The number of alkyl halides is 3.